The Bertz CT molecular complexity index is 675. The Morgan fingerprint density at radius 1 is 1.12 bits per heavy atom. The van der Waals surface area contributed by atoms with Crippen molar-refractivity contribution in [2.24, 2.45) is 5.92 Å². The third-order valence-corrected chi connectivity index (χ3v) is 5.24. The highest BCUT2D eigenvalue weighted by atomic mass is 19.1. The van der Waals surface area contributed by atoms with E-state index in [4.69, 9.17) is 0 Å². The first-order valence-electron chi connectivity index (χ1n) is 8.76. The predicted molar refractivity (Wildman–Crippen MR) is 95.9 cm³/mol. The summed E-state index contributed by atoms with van der Waals surface area (Å²) >= 11 is 0. The van der Waals surface area contributed by atoms with Crippen molar-refractivity contribution in [2.75, 3.05) is 20.1 Å². The number of phenolic OH excluding ortho intramolecular Hbond substituents is 1. The minimum absolute atomic E-state index is 0.110. The summed E-state index contributed by atoms with van der Waals surface area (Å²) < 4.78 is 13.3. The molecule has 1 fully saturated rings. The number of likely N-dealkylation sites (tertiary alicyclic amines) is 1. The van der Waals surface area contributed by atoms with Crippen molar-refractivity contribution in [3.05, 3.63) is 65.0 Å². The van der Waals surface area contributed by atoms with Gasteiger partial charge in [-0.2, -0.15) is 0 Å². The molecule has 0 bridgehead atoms. The van der Waals surface area contributed by atoms with Gasteiger partial charge in [0.1, 0.15) is 11.6 Å². The highest BCUT2D eigenvalue weighted by molar-refractivity contribution is 5.43. The number of rotatable bonds is 4. The molecule has 0 spiro atoms. The monoisotopic (exact) mass is 327 g/mol. The van der Waals surface area contributed by atoms with Crippen LogP contribution in [0.1, 0.15) is 41.9 Å². The molecule has 0 amide bonds. The van der Waals surface area contributed by atoms with Gasteiger partial charge in [-0.25, -0.2) is 4.39 Å². The molecule has 0 saturated carbocycles. The summed E-state index contributed by atoms with van der Waals surface area (Å²) in [5.41, 5.74) is 3.18. The SMILES string of the molecule is Cc1ccc(O)c(C(CC2CCN(C)CC2)c2ccc(F)cc2)c1. The molecular formula is C21H26FNO. The molecule has 3 rings (SSSR count). The fourth-order valence-electron chi connectivity index (χ4n) is 3.72. The van der Waals surface area contributed by atoms with Crippen LogP contribution in [0.4, 0.5) is 4.39 Å². The number of aryl methyl sites for hydroxylation is 1. The Balaban J connectivity index is 1.91. The van der Waals surface area contributed by atoms with Crippen molar-refractivity contribution in [1.29, 1.82) is 0 Å². The molecule has 2 aromatic carbocycles. The Morgan fingerprint density at radius 2 is 1.79 bits per heavy atom. The lowest BCUT2D eigenvalue weighted by Gasteiger charge is -2.32. The zero-order valence-corrected chi connectivity index (χ0v) is 14.5. The van der Waals surface area contributed by atoms with Crippen molar-refractivity contribution in [2.45, 2.75) is 32.1 Å². The van der Waals surface area contributed by atoms with E-state index in [0.29, 0.717) is 11.7 Å². The van der Waals surface area contributed by atoms with Crippen LogP contribution in [0.15, 0.2) is 42.5 Å². The molecule has 128 valence electrons. The van der Waals surface area contributed by atoms with Gasteiger partial charge >= 0.3 is 0 Å². The first-order valence-corrected chi connectivity index (χ1v) is 8.76. The molecule has 1 N–H and O–H groups in total. The summed E-state index contributed by atoms with van der Waals surface area (Å²) in [6, 6.07) is 12.5. The molecule has 0 aliphatic carbocycles. The van der Waals surface area contributed by atoms with Crippen LogP contribution in [0.2, 0.25) is 0 Å². The van der Waals surface area contributed by atoms with E-state index in [-0.39, 0.29) is 11.7 Å². The summed E-state index contributed by atoms with van der Waals surface area (Å²) in [6.07, 6.45) is 3.36. The van der Waals surface area contributed by atoms with Gasteiger partial charge in [0.2, 0.25) is 0 Å². The molecule has 1 aliphatic rings. The van der Waals surface area contributed by atoms with Crippen LogP contribution in [-0.2, 0) is 0 Å². The normalized spacial score (nSPS) is 17.8. The quantitative estimate of drug-likeness (QED) is 0.879. The van der Waals surface area contributed by atoms with Crippen LogP contribution in [0.5, 0.6) is 5.75 Å². The van der Waals surface area contributed by atoms with Gasteiger partial charge in [0.25, 0.3) is 0 Å². The number of halogens is 1. The summed E-state index contributed by atoms with van der Waals surface area (Å²) in [6.45, 7) is 4.29. The van der Waals surface area contributed by atoms with Crippen LogP contribution < -0.4 is 0 Å². The van der Waals surface area contributed by atoms with Gasteiger partial charge in [-0.15, -0.1) is 0 Å². The molecule has 2 aromatic rings. The number of phenols is 1. The molecule has 24 heavy (non-hydrogen) atoms. The lowest BCUT2D eigenvalue weighted by molar-refractivity contribution is 0.208. The zero-order valence-electron chi connectivity index (χ0n) is 14.5. The molecule has 1 heterocycles. The van der Waals surface area contributed by atoms with Crippen LogP contribution in [0.3, 0.4) is 0 Å². The standard InChI is InChI=1S/C21H26FNO/c1-15-3-8-21(24)20(13-15)19(17-4-6-18(22)7-5-17)14-16-9-11-23(2)12-10-16/h3-8,13,16,19,24H,9-12,14H2,1-2H3. The Labute approximate surface area is 143 Å². The zero-order chi connectivity index (χ0) is 17.1. The van der Waals surface area contributed by atoms with Gasteiger partial charge in [0, 0.05) is 11.5 Å². The Kier molecular flexibility index (Phi) is 5.20. The average molecular weight is 327 g/mol. The van der Waals surface area contributed by atoms with E-state index in [1.165, 1.54) is 25.0 Å². The van der Waals surface area contributed by atoms with E-state index in [2.05, 4.69) is 18.0 Å². The Morgan fingerprint density at radius 3 is 2.46 bits per heavy atom. The summed E-state index contributed by atoms with van der Waals surface area (Å²) in [7, 11) is 2.17. The van der Waals surface area contributed by atoms with E-state index in [1.54, 1.807) is 6.07 Å². The van der Waals surface area contributed by atoms with Crippen molar-refractivity contribution in [1.82, 2.24) is 4.90 Å². The second-order valence-corrected chi connectivity index (χ2v) is 7.15. The second kappa shape index (κ2) is 7.35. The van der Waals surface area contributed by atoms with E-state index >= 15 is 0 Å². The number of aromatic hydroxyl groups is 1. The number of piperidine rings is 1. The van der Waals surface area contributed by atoms with Gasteiger partial charge < -0.3 is 10.0 Å². The molecule has 1 unspecified atom stereocenters. The number of nitrogens with zero attached hydrogens (tertiary/aromatic N) is 1. The summed E-state index contributed by atoms with van der Waals surface area (Å²) in [5, 5.41) is 10.4. The largest absolute Gasteiger partial charge is 0.508 e. The van der Waals surface area contributed by atoms with Crippen LogP contribution >= 0.6 is 0 Å². The number of hydrogen-bond acceptors (Lipinski definition) is 2. The molecule has 0 aromatic heterocycles. The van der Waals surface area contributed by atoms with E-state index in [0.717, 1.165) is 36.2 Å². The van der Waals surface area contributed by atoms with Gasteiger partial charge in [-0.1, -0.05) is 29.8 Å². The molecule has 1 aliphatic heterocycles. The summed E-state index contributed by atoms with van der Waals surface area (Å²) in [5.74, 6) is 0.864. The molecular weight excluding hydrogens is 301 g/mol. The molecule has 0 radical (unpaired) electrons. The average Bonchev–Trinajstić information content (AvgIpc) is 2.58. The van der Waals surface area contributed by atoms with Gasteiger partial charge in [0.05, 0.1) is 0 Å². The molecule has 1 saturated heterocycles. The van der Waals surface area contributed by atoms with Crippen LogP contribution in [0, 0.1) is 18.7 Å². The van der Waals surface area contributed by atoms with Crippen LogP contribution in [0.25, 0.3) is 0 Å². The van der Waals surface area contributed by atoms with E-state index in [9.17, 15) is 9.50 Å². The molecule has 3 heteroatoms. The maximum absolute atomic E-state index is 13.3. The maximum Gasteiger partial charge on any atom is 0.123 e. The van der Waals surface area contributed by atoms with Gasteiger partial charge in [-0.3, -0.25) is 0 Å². The minimum atomic E-state index is -0.217. The predicted octanol–water partition coefficient (Wildman–Crippen LogP) is 4.70. The molecule has 2 nitrogen and oxygen atoms in total. The fourth-order valence-corrected chi connectivity index (χ4v) is 3.72. The van der Waals surface area contributed by atoms with Gasteiger partial charge in [-0.05, 0) is 76.0 Å². The van der Waals surface area contributed by atoms with Gasteiger partial charge in [0.15, 0.2) is 0 Å². The second-order valence-electron chi connectivity index (χ2n) is 7.15. The van der Waals surface area contributed by atoms with E-state index in [1.807, 2.05) is 25.1 Å². The third kappa shape index (κ3) is 3.96. The Hall–Kier alpha value is -1.87. The lowest BCUT2D eigenvalue weighted by atomic mass is 9.79. The minimum Gasteiger partial charge on any atom is -0.508 e. The number of hydrogen-bond donors (Lipinski definition) is 1. The smallest absolute Gasteiger partial charge is 0.123 e. The number of benzene rings is 2. The lowest BCUT2D eigenvalue weighted by Crippen LogP contribution is -2.30. The molecule has 1 atom stereocenters. The first-order chi connectivity index (χ1) is 11.5. The maximum atomic E-state index is 13.3. The van der Waals surface area contributed by atoms with E-state index < -0.39 is 0 Å². The van der Waals surface area contributed by atoms with Crippen molar-refractivity contribution >= 4 is 0 Å². The topological polar surface area (TPSA) is 23.5 Å². The highest BCUT2D eigenvalue weighted by Gasteiger charge is 2.25. The van der Waals surface area contributed by atoms with Crippen LogP contribution in [-0.4, -0.2) is 30.1 Å². The third-order valence-electron chi connectivity index (χ3n) is 5.24. The summed E-state index contributed by atoms with van der Waals surface area (Å²) in [4.78, 5) is 2.37. The van der Waals surface area contributed by atoms with Crippen molar-refractivity contribution < 1.29 is 9.50 Å². The highest BCUT2D eigenvalue weighted by Crippen LogP contribution is 2.38. The first kappa shape index (κ1) is 17.0. The van der Waals surface area contributed by atoms with Crippen molar-refractivity contribution in [3.8, 4) is 5.75 Å². The fraction of sp³-hybridized carbons (Fsp3) is 0.429. The van der Waals surface area contributed by atoms with Crippen molar-refractivity contribution in [3.63, 3.8) is 0 Å².